The Morgan fingerprint density at radius 3 is 2.69 bits per heavy atom. The van der Waals surface area contributed by atoms with Gasteiger partial charge in [-0.1, -0.05) is 5.69 Å². The van der Waals surface area contributed by atoms with Crippen LogP contribution in [0.25, 0.3) is 0 Å². The molecule has 3 heteroatoms. The number of nitrogens with zero attached hydrogens (tertiary/aromatic N) is 1. The number of hydrogen-bond acceptors (Lipinski definition) is 2. The molecule has 0 radical (unpaired) electrons. The molecule has 1 aromatic carbocycles. The van der Waals surface area contributed by atoms with Crippen LogP contribution in [-0.4, -0.2) is 26.3 Å². The number of morpholine rings is 1. The second-order valence-electron chi connectivity index (χ2n) is 2.86. The van der Waals surface area contributed by atoms with E-state index in [0.29, 0.717) is 0 Å². The zero-order valence-corrected chi connectivity index (χ0v) is 7.99. The molecule has 2 rings (SSSR count). The molecule has 0 amide bonds. The Morgan fingerprint density at radius 1 is 1.31 bits per heavy atom. The van der Waals surface area contributed by atoms with Gasteiger partial charge in [0.2, 0.25) is 0 Å². The summed E-state index contributed by atoms with van der Waals surface area (Å²) in [5.41, 5.74) is 1.25. The molecule has 1 aliphatic heterocycles. The van der Waals surface area contributed by atoms with Crippen molar-refractivity contribution in [3.63, 3.8) is 0 Å². The van der Waals surface area contributed by atoms with Gasteiger partial charge in [-0.15, -0.1) is 6.07 Å². The van der Waals surface area contributed by atoms with Crippen LogP contribution in [0.15, 0.2) is 24.3 Å². The van der Waals surface area contributed by atoms with Gasteiger partial charge in [-0.2, -0.15) is 24.3 Å². The predicted molar refractivity (Wildman–Crippen MR) is 48.3 cm³/mol. The standard InChI is InChI=1S/C10H12NO.Li/c1-2-4-10(5-3-1)11-6-8-12-9-7-11;/h1-2,4-5H,6-9H2;/q-1;+1. The van der Waals surface area contributed by atoms with Crippen LogP contribution in [0, 0.1) is 6.07 Å². The third-order valence-corrected chi connectivity index (χ3v) is 2.07. The van der Waals surface area contributed by atoms with E-state index in [2.05, 4.69) is 17.0 Å². The second kappa shape index (κ2) is 5.34. The Bertz CT molecular complexity index is 234. The monoisotopic (exact) mass is 169 g/mol. The summed E-state index contributed by atoms with van der Waals surface area (Å²) in [5, 5.41) is 0. The average Bonchev–Trinajstić information content (AvgIpc) is 2.21. The molecular formula is C10H12LiNO. The average molecular weight is 169 g/mol. The molecule has 1 saturated heterocycles. The largest absolute Gasteiger partial charge is 1.00 e. The fourth-order valence-electron chi connectivity index (χ4n) is 1.40. The first kappa shape index (κ1) is 10.7. The molecule has 13 heavy (non-hydrogen) atoms. The maximum Gasteiger partial charge on any atom is 1.00 e. The van der Waals surface area contributed by atoms with Crippen LogP contribution in [0.3, 0.4) is 0 Å². The Kier molecular flexibility index (Phi) is 4.38. The second-order valence-corrected chi connectivity index (χ2v) is 2.86. The van der Waals surface area contributed by atoms with Crippen molar-refractivity contribution < 1.29 is 23.6 Å². The number of benzene rings is 1. The first-order valence-corrected chi connectivity index (χ1v) is 4.25. The smallest absolute Gasteiger partial charge is 0.419 e. The van der Waals surface area contributed by atoms with Crippen LogP contribution in [0.2, 0.25) is 0 Å². The van der Waals surface area contributed by atoms with Gasteiger partial charge in [-0.25, -0.2) is 0 Å². The van der Waals surface area contributed by atoms with Crippen molar-refractivity contribution >= 4 is 5.69 Å². The van der Waals surface area contributed by atoms with Crippen LogP contribution >= 0.6 is 0 Å². The Balaban J connectivity index is 0.000000845. The van der Waals surface area contributed by atoms with E-state index >= 15 is 0 Å². The van der Waals surface area contributed by atoms with Crippen LogP contribution in [0.1, 0.15) is 0 Å². The SMILES string of the molecule is [Li+].[c-]1cccc(N2CCOCC2)c1. The predicted octanol–water partition coefficient (Wildman–Crippen LogP) is -1.67. The third kappa shape index (κ3) is 2.77. The number of hydrogen-bond donors (Lipinski definition) is 0. The van der Waals surface area contributed by atoms with Crippen LogP contribution < -0.4 is 23.8 Å². The van der Waals surface area contributed by atoms with Gasteiger partial charge in [-0.3, -0.25) is 0 Å². The molecule has 1 aliphatic rings. The molecule has 1 fully saturated rings. The van der Waals surface area contributed by atoms with E-state index < -0.39 is 0 Å². The number of rotatable bonds is 1. The van der Waals surface area contributed by atoms with Gasteiger partial charge in [0.1, 0.15) is 0 Å². The quantitative estimate of drug-likeness (QED) is 0.368. The van der Waals surface area contributed by atoms with E-state index in [1.807, 2.05) is 18.2 Å². The summed E-state index contributed by atoms with van der Waals surface area (Å²) in [6, 6.07) is 11.1. The van der Waals surface area contributed by atoms with Crippen molar-refractivity contribution in [2.75, 3.05) is 31.2 Å². The molecule has 1 heterocycles. The van der Waals surface area contributed by atoms with E-state index in [1.165, 1.54) is 5.69 Å². The molecule has 1 aromatic rings. The fourth-order valence-corrected chi connectivity index (χ4v) is 1.40. The van der Waals surface area contributed by atoms with Gasteiger partial charge in [0.25, 0.3) is 0 Å². The summed E-state index contributed by atoms with van der Waals surface area (Å²) >= 11 is 0. The summed E-state index contributed by atoms with van der Waals surface area (Å²) in [6.45, 7) is 3.68. The van der Waals surface area contributed by atoms with Gasteiger partial charge >= 0.3 is 18.9 Å². The first-order chi connectivity index (χ1) is 5.97. The van der Waals surface area contributed by atoms with E-state index in [4.69, 9.17) is 4.74 Å². The van der Waals surface area contributed by atoms with Crippen molar-refractivity contribution in [1.29, 1.82) is 0 Å². The zero-order valence-electron chi connectivity index (χ0n) is 7.99. The summed E-state index contributed by atoms with van der Waals surface area (Å²) < 4.78 is 5.27. The Labute approximate surface area is 91.1 Å². The fraction of sp³-hybridized carbons (Fsp3) is 0.400. The molecular weight excluding hydrogens is 157 g/mol. The first-order valence-electron chi connectivity index (χ1n) is 4.25. The molecule has 0 aliphatic carbocycles. The van der Waals surface area contributed by atoms with E-state index in [9.17, 15) is 0 Å². The molecule has 0 spiro atoms. The molecule has 0 unspecified atom stereocenters. The van der Waals surface area contributed by atoms with Crippen LogP contribution in [0.4, 0.5) is 5.69 Å². The van der Waals surface area contributed by atoms with Gasteiger partial charge in [0, 0.05) is 13.1 Å². The summed E-state index contributed by atoms with van der Waals surface area (Å²) in [5.74, 6) is 0. The molecule has 0 atom stereocenters. The van der Waals surface area contributed by atoms with Gasteiger partial charge in [-0.05, 0) is 0 Å². The minimum absolute atomic E-state index is 0. The zero-order chi connectivity index (χ0) is 8.23. The van der Waals surface area contributed by atoms with Gasteiger partial charge in [0.15, 0.2) is 0 Å². The summed E-state index contributed by atoms with van der Waals surface area (Å²) in [4.78, 5) is 2.32. The normalized spacial score (nSPS) is 16.5. The van der Waals surface area contributed by atoms with E-state index in [-0.39, 0.29) is 18.9 Å². The molecule has 0 saturated carbocycles. The Hall–Kier alpha value is -0.423. The minimum Gasteiger partial charge on any atom is -0.419 e. The van der Waals surface area contributed by atoms with Crippen molar-refractivity contribution in [3.05, 3.63) is 30.3 Å². The summed E-state index contributed by atoms with van der Waals surface area (Å²) in [6.07, 6.45) is 0. The number of anilines is 1. The molecule has 0 bridgehead atoms. The molecule has 0 aromatic heterocycles. The summed E-state index contributed by atoms with van der Waals surface area (Å²) in [7, 11) is 0. The van der Waals surface area contributed by atoms with Crippen molar-refractivity contribution in [1.82, 2.24) is 0 Å². The topological polar surface area (TPSA) is 12.5 Å². The minimum atomic E-state index is 0. The Morgan fingerprint density at radius 2 is 2.08 bits per heavy atom. The van der Waals surface area contributed by atoms with Gasteiger partial charge < -0.3 is 9.64 Å². The molecule has 2 nitrogen and oxygen atoms in total. The number of ether oxygens (including phenoxy) is 1. The van der Waals surface area contributed by atoms with Crippen LogP contribution in [0.5, 0.6) is 0 Å². The van der Waals surface area contributed by atoms with Gasteiger partial charge in [0.05, 0.1) is 13.2 Å². The van der Waals surface area contributed by atoms with E-state index in [1.54, 1.807) is 0 Å². The van der Waals surface area contributed by atoms with E-state index in [0.717, 1.165) is 26.3 Å². The third-order valence-electron chi connectivity index (χ3n) is 2.07. The van der Waals surface area contributed by atoms with Crippen molar-refractivity contribution in [2.24, 2.45) is 0 Å². The van der Waals surface area contributed by atoms with Crippen LogP contribution in [-0.2, 0) is 4.74 Å². The van der Waals surface area contributed by atoms with Crippen molar-refractivity contribution in [3.8, 4) is 0 Å². The van der Waals surface area contributed by atoms with Crippen molar-refractivity contribution in [2.45, 2.75) is 0 Å². The molecule has 0 N–H and O–H groups in total. The maximum atomic E-state index is 5.27. The molecule has 64 valence electrons. The maximum absolute atomic E-state index is 5.27.